The molecule has 0 saturated carbocycles. The number of hydrazine groups is 1. The van der Waals surface area contributed by atoms with Gasteiger partial charge in [-0.25, -0.2) is 4.98 Å². The maximum Gasteiger partial charge on any atom is 0.258 e. The van der Waals surface area contributed by atoms with Gasteiger partial charge in [0.15, 0.2) is 0 Å². The van der Waals surface area contributed by atoms with Crippen LogP contribution in [0, 0.1) is 5.92 Å². The molecular formula is C23H23ClN4O3. The van der Waals surface area contributed by atoms with Gasteiger partial charge in [-0.2, -0.15) is 0 Å². The van der Waals surface area contributed by atoms with E-state index in [2.05, 4.69) is 21.9 Å². The predicted molar refractivity (Wildman–Crippen MR) is 118 cm³/mol. The van der Waals surface area contributed by atoms with Crippen LogP contribution < -0.4 is 15.6 Å². The molecule has 1 aliphatic rings. The molecule has 2 aromatic carbocycles. The molecule has 0 saturated heterocycles. The average Bonchev–Trinajstić information content (AvgIpc) is 3.40. The fraction of sp³-hybridized carbons (Fsp3) is 0.261. The molecule has 2 N–H and O–H groups in total. The first-order valence-electron chi connectivity index (χ1n) is 10.2. The Morgan fingerprint density at radius 1 is 1.10 bits per heavy atom. The van der Waals surface area contributed by atoms with E-state index in [-0.39, 0.29) is 30.9 Å². The summed E-state index contributed by atoms with van der Waals surface area (Å²) in [4.78, 5) is 29.2. The van der Waals surface area contributed by atoms with Gasteiger partial charge >= 0.3 is 0 Å². The molecule has 160 valence electrons. The monoisotopic (exact) mass is 438 g/mol. The molecule has 0 aliphatic heterocycles. The number of carbonyl (C=O) groups is 2. The van der Waals surface area contributed by atoms with Gasteiger partial charge in [-0.05, 0) is 55.2 Å². The lowest BCUT2D eigenvalue weighted by Crippen LogP contribution is -2.43. The summed E-state index contributed by atoms with van der Waals surface area (Å²) < 4.78 is 7.61. The topological polar surface area (TPSA) is 85.2 Å². The van der Waals surface area contributed by atoms with Crippen molar-refractivity contribution in [2.45, 2.75) is 32.4 Å². The molecule has 4 rings (SSSR count). The molecule has 0 radical (unpaired) electrons. The van der Waals surface area contributed by atoms with Crippen molar-refractivity contribution in [3.8, 4) is 5.75 Å². The highest BCUT2D eigenvalue weighted by Gasteiger charge is 2.17. The number of nitrogens with one attached hydrogen (secondary N) is 2. The van der Waals surface area contributed by atoms with Crippen LogP contribution in [0.3, 0.4) is 0 Å². The minimum Gasteiger partial charge on any atom is -0.486 e. The number of halogens is 1. The van der Waals surface area contributed by atoms with Crippen LogP contribution in [-0.4, -0.2) is 21.4 Å². The van der Waals surface area contributed by atoms with E-state index in [1.54, 1.807) is 28.8 Å². The van der Waals surface area contributed by atoms with Crippen LogP contribution in [0.5, 0.6) is 5.75 Å². The molecule has 0 bridgehead atoms. The van der Waals surface area contributed by atoms with Gasteiger partial charge < -0.3 is 9.30 Å². The Kier molecular flexibility index (Phi) is 6.52. The van der Waals surface area contributed by atoms with E-state index in [9.17, 15) is 9.59 Å². The molecule has 8 heteroatoms. The zero-order valence-electron chi connectivity index (χ0n) is 16.9. The van der Waals surface area contributed by atoms with E-state index in [0.717, 1.165) is 23.9 Å². The SMILES string of the molecule is O=C(C[C@H]1C=CCC1)NNC(=O)Cn1c(COc2ccc(Cl)cc2)nc2ccccc21. The van der Waals surface area contributed by atoms with Gasteiger partial charge in [0.05, 0.1) is 11.0 Å². The van der Waals surface area contributed by atoms with Gasteiger partial charge in [-0.1, -0.05) is 35.9 Å². The van der Waals surface area contributed by atoms with E-state index < -0.39 is 0 Å². The Bertz CT molecular complexity index is 1110. The maximum atomic E-state index is 12.5. The zero-order valence-corrected chi connectivity index (χ0v) is 17.6. The van der Waals surface area contributed by atoms with Crippen LogP contribution in [-0.2, 0) is 22.7 Å². The predicted octanol–water partition coefficient (Wildman–Crippen LogP) is 3.77. The second-order valence-electron chi connectivity index (χ2n) is 7.41. The van der Waals surface area contributed by atoms with Crippen molar-refractivity contribution >= 4 is 34.4 Å². The summed E-state index contributed by atoms with van der Waals surface area (Å²) in [6.45, 7) is 0.188. The standard InChI is InChI=1S/C23H23ClN4O3/c24-17-9-11-18(12-10-17)31-15-21-25-19-7-3-4-8-20(19)28(21)14-23(30)27-26-22(29)13-16-5-1-2-6-16/h1,3-5,7-12,16H,2,6,13-15H2,(H,26,29)(H,27,30)/t16-/m0/s1. The smallest absolute Gasteiger partial charge is 0.258 e. The average molecular weight is 439 g/mol. The molecule has 3 aromatic rings. The summed E-state index contributed by atoms with van der Waals surface area (Å²) in [5.41, 5.74) is 6.58. The minimum absolute atomic E-state index is 0.00341. The highest BCUT2D eigenvalue weighted by molar-refractivity contribution is 6.30. The van der Waals surface area contributed by atoms with E-state index in [1.165, 1.54) is 0 Å². The van der Waals surface area contributed by atoms with Crippen molar-refractivity contribution in [3.63, 3.8) is 0 Å². The van der Waals surface area contributed by atoms with Crippen LogP contribution in [0.25, 0.3) is 11.0 Å². The number of nitrogens with zero attached hydrogens (tertiary/aromatic N) is 2. The van der Waals surface area contributed by atoms with Gasteiger partial charge in [0.2, 0.25) is 5.91 Å². The number of hydrogen-bond donors (Lipinski definition) is 2. The maximum absolute atomic E-state index is 12.5. The van der Waals surface area contributed by atoms with Crippen LogP contribution in [0.15, 0.2) is 60.7 Å². The van der Waals surface area contributed by atoms with Gasteiger partial charge in [0.25, 0.3) is 5.91 Å². The fourth-order valence-corrected chi connectivity index (χ4v) is 3.69. The van der Waals surface area contributed by atoms with Crippen molar-refractivity contribution < 1.29 is 14.3 Å². The number of rotatable bonds is 7. The third-order valence-corrected chi connectivity index (χ3v) is 5.37. The number of fused-ring (bicyclic) bond motifs is 1. The summed E-state index contributed by atoms with van der Waals surface area (Å²) in [5.74, 6) is 0.957. The normalized spacial score (nSPS) is 15.2. The van der Waals surface area contributed by atoms with Crippen LogP contribution in [0.4, 0.5) is 0 Å². The third kappa shape index (κ3) is 5.44. The highest BCUT2D eigenvalue weighted by Crippen LogP contribution is 2.21. The van der Waals surface area contributed by atoms with Crippen molar-refractivity contribution in [1.82, 2.24) is 20.4 Å². The van der Waals surface area contributed by atoms with Gasteiger partial charge in [0.1, 0.15) is 24.7 Å². The molecule has 2 amide bonds. The summed E-state index contributed by atoms with van der Waals surface area (Å²) in [6, 6.07) is 14.6. The van der Waals surface area contributed by atoms with Crippen molar-refractivity contribution in [3.05, 3.63) is 71.5 Å². The lowest BCUT2D eigenvalue weighted by molar-refractivity contribution is -0.129. The molecule has 0 fully saturated rings. The Labute approximate surface area is 185 Å². The number of carbonyl (C=O) groups excluding carboxylic acids is 2. The molecule has 1 aliphatic carbocycles. The number of para-hydroxylation sites is 2. The molecule has 31 heavy (non-hydrogen) atoms. The number of allylic oxidation sites excluding steroid dienone is 2. The summed E-state index contributed by atoms with van der Waals surface area (Å²) in [7, 11) is 0. The second kappa shape index (κ2) is 9.66. The van der Waals surface area contributed by atoms with Gasteiger partial charge in [-0.15, -0.1) is 0 Å². The number of hydrogen-bond acceptors (Lipinski definition) is 4. The largest absolute Gasteiger partial charge is 0.486 e. The molecule has 1 atom stereocenters. The lowest BCUT2D eigenvalue weighted by atomic mass is 10.1. The van der Waals surface area contributed by atoms with Gasteiger partial charge in [0, 0.05) is 11.4 Å². The number of benzene rings is 2. The van der Waals surface area contributed by atoms with Crippen molar-refractivity contribution in [2.75, 3.05) is 0 Å². The first-order valence-corrected chi connectivity index (χ1v) is 10.5. The number of amides is 2. The quantitative estimate of drug-likeness (QED) is 0.434. The molecule has 7 nitrogen and oxygen atoms in total. The van der Waals surface area contributed by atoms with Crippen LogP contribution in [0.1, 0.15) is 25.1 Å². The fourth-order valence-electron chi connectivity index (χ4n) is 3.57. The van der Waals surface area contributed by atoms with E-state index >= 15 is 0 Å². The zero-order chi connectivity index (χ0) is 21.6. The van der Waals surface area contributed by atoms with Gasteiger partial charge in [-0.3, -0.25) is 20.4 Å². The van der Waals surface area contributed by atoms with Crippen molar-refractivity contribution in [2.24, 2.45) is 5.92 Å². The van der Waals surface area contributed by atoms with Crippen LogP contribution >= 0.6 is 11.6 Å². The summed E-state index contributed by atoms with van der Waals surface area (Å²) >= 11 is 5.91. The van der Waals surface area contributed by atoms with Crippen LogP contribution in [0.2, 0.25) is 5.02 Å². The minimum atomic E-state index is -0.341. The summed E-state index contributed by atoms with van der Waals surface area (Å²) in [6.07, 6.45) is 6.46. The van der Waals surface area contributed by atoms with Crippen molar-refractivity contribution in [1.29, 1.82) is 0 Å². The number of imidazole rings is 1. The van der Waals surface area contributed by atoms with E-state index in [0.29, 0.717) is 23.0 Å². The molecular weight excluding hydrogens is 416 g/mol. The molecule has 0 spiro atoms. The molecule has 1 heterocycles. The number of aromatic nitrogens is 2. The Balaban J connectivity index is 1.41. The Hall–Kier alpha value is -3.32. The van der Waals surface area contributed by atoms with E-state index in [4.69, 9.17) is 16.3 Å². The first kappa shape index (κ1) is 20.9. The Morgan fingerprint density at radius 2 is 1.87 bits per heavy atom. The third-order valence-electron chi connectivity index (χ3n) is 5.12. The lowest BCUT2D eigenvalue weighted by Gasteiger charge is -2.12. The van der Waals surface area contributed by atoms with E-state index in [1.807, 2.05) is 30.3 Å². The first-order chi connectivity index (χ1) is 15.1. The number of ether oxygens (including phenoxy) is 1. The Morgan fingerprint density at radius 3 is 2.65 bits per heavy atom. The highest BCUT2D eigenvalue weighted by atomic mass is 35.5. The summed E-state index contributed by atoms with van der Waals surface area (Å²) in [5, 5.41) is 0.627. The molecule has 1 aromatic heterocycles. The second-order valence-corrected chi connectivity index (χ2v) is 7.85. The molecule has 0 unspecified atom stereocenters.